The molecule has 5 rings (SSSR count). The number of fused-ring (bicyclic) bond motifs is 2. The molecule has 2 heterocycles. The Morgan fingerprint density at radius 2 is 1.81 bits per heavy atom. The number of rotatable bonds is 6. The van der Waals surface area contributed by atoms with Gasteiger partial charge in [0.1, 0.15) is 12.3 Å². The lowest BCUT2D eigenvalue weighted by Gasteiger charge is -2.22. The number of anilines is 2. The van der Waals surface area contributed by atoms with Crippen LogP contribution in [-0.4, -0.2) is 40.2 Å². The van der Waals surface area contributed by atoms with Crippen LogP contribution in [0.4, 0.5) is 11.4 Å². The summed E-state index contributed by atoms with van der Waals surface area (Å²) in [5.74, 6) is 0.685. The van der Waals surface area contributed by atoms with Crippen LogP contribution in [0.5, 0.6) is 17.2 Å². The molecule has 3 aromatic carbocycles. The summed E-state index contributed by atoms with van der Waals surface area (Å²) >= 11 is 0. The Kier molecular flexibility index (Phi) is 6.27. The van der Waals surface area contributed by atoms with E-state index in [0.29, 0.717) is 35.1 Å². The quantitative estimate of drug-likeness (QED) is 0.540. The Balaban J connectivity index is 1.43. The van der Waals surface area contributed by atoms with Crippen LogP contribution < -0.4 is 24.4 Å². The molecule has 0 bridgehead atoms. The van der Waals surface area contributed by atoms with Gasteiger partial charge in [0, 0.05) is 12.1 Å². The van der Waals surface area contributed by atoms with E-state index in [-0.39, 0.29) is 30.3 Å². The molecule has 2 aliphatic rings. The zero-order valence-electron chi connectivity index (χ0n) is 19.5. The number of sulfone groups is 1. The van der Waals surface area contributed by atoms with E-state index in [4.69, 9.17) is 14.2 Å². The largest absolute Gasteiger partial charge is 0.494 e. The molecular weight excluding hydrogens is 484 g/mol. The summed E-state index contributed by atoms with van der Waals surface area (Å²) in [6.45, 7) is 2.11. The van der Waals surface area contributed by atoms with Crippen molar-refractivity contribution in [1.29, 1.82) is 0 Å². The molecule has 186 valence electrons. The SMILES string of the molecule is CCOc1ccc(NC(=O)CN2C(=O)CC(c3ccc4c(c3)OCO4)S(=O)(=O)c3ccccc32)cc1. The van der Waals surface area contributed by atoms with Crippen molar-refractivity contribution >= 4 is 33.0 Å². The Morgan fingerprint density at radius 3 is 2.58 bits per heavy atom. The van der Waals surface area contributed by atoms with E-state index in [1.54, 1.807) is 54.6 Å². The van der Waals surface area contributed by atoms with Crippen LogP contribution in [0.15, 0.2) is 71.6 Å². The van der Waals surface area contributed by atoms with E-state index >= 15 is 0 Å². The molecule has 0 aliphatic carbocycles. The van der Waals surface area contributed by atoms with Gasteiger partial charge in [-0.2, -0.15) is 0 Å². The van der Waals surface area contributed by atoms with E-state index in [0.717, 1.165) is 0 Å². The highest BCUT2D eigenvalue weighted by Crippen LogP contribution is 2.43. The van der Waals surface area contributed by atoms with Gasteiger partial charge in [0.2, 0.25) is 18.6 Å². The smallest absolute Gasteiger partial charge is 0.244 e. The van der Waals surface area contributed by atoms with Gasteiger partial charge in [0.15, 0.2) is 21.3 Å². The fraction of sp³-hybridized carbons (Fsp3) is 0.231. The van der Waals surface area contributed by atoms with Crippen molar-refractivity contribution in [1.82, 2.24) is 0 Å². The lowest BCUT2D eigenvalue weighted by molar-refractivity contribution is -0.121. The first-order valence-electron chi connectivity index (χ1n) is 11.4. The number of ether oxygens (including phenoxy) is 3. The predicted molar refractivity (Wildman–Crippen MR) is 132 cm³/mol. The van der Waals surface area contributed by atoms with Gasteiger partial charge in [0.05, 0.1) is 22.4 Å². The maximum absolute atomic E-state index is 13.7. The van der Waals surface area contributed by atoms with Crippen LogP contribution in [0, 0.1) is 0 Å². The van der Waals surface area contributed by atoms with Crippen molar-refractivity contribution in [3.63, 3.8) is 0 Å². The molecule has 0 radical (unpaired) electrons. The first kappa shape index (κ1) is 23.7. The average Bonchev–Trinajstić information content (AvgIpc) is 3.32. The van der Waals surface area contributed by atoms with Gasteiger partial charge in [-0.25, -0.2) is 8.42 Å². The predicted octanol–water partition coefficient (Wildman–Crippen LogP) is 3.70. The number of nitrogens with one attached hydrogen (secondary N) is 1. The van der Waals surface area contributed by atoms with Crippen LogP contribution in [0.2, 0.25) is 0 Å². The van der Waals surface area contributed by atoms with E-state index in [2.05, 4.69) is 5.32 Å². The average molecular weight is 509 g/mol. The van der Waals surface area contributed by atoms with Crippen molar-refractivity contribution in [3.8, 4) is 17.2 Å². The summed E-state index contributed by atoms with van der Waals surface area (Å²) in [6.07, 6.45) is -0.326. The molecule has 0 aromatic heterocycles. The summed E-state index contributed by atoms with van der Waals surface area (Å²) in [7, 11) is -3.97. The molecule has 10 heteroatoms. The third kappa shape index (κ3) is 4.47. The second-order valence-electron chi connectivity index (χ2n) is 8.30. The number of nitrogens with zero attached hydrogens (tertiary/aromatic N) is 1. The summed E-state index contributed by atoms with van der Waals surface area (Å²) < 4.78 is 43.6. The highest BCUT2D eigenvalue weighted by atomic mass is 32.2. The lowest BCUT2D eigenvalue weighted by Crippen LogP contribution is -2.38. The maximum atomic E-state index is 13.7. The molecule has 1 atom stereocenters. The minimum absolute atomic E-state index is 0.00705. The van der Waals surface area contributed by atoms with E-state index in [1.807, 2.05) is 6.92 Å². The first-order chi connectivity index (χ1) is 17.4. The van der Waals surface area contributed by atoms with Crippen LogP contribution >= 0.6 is 0 Å². The summed E-state index contributed by atoms with van der Waals surface area (Å²) in [5, 5.41) is 1.61. The van der Waals surface area contributed by atoms with Crippen molar-refractivity contribution in [3.05, 3.63) is 72.3 Å². The number of hydrogen-bond donors (Lipinski definition) is 1. The van der Waals surface area contributed by atoms with Crippen molar-refractivity contribution in [2.45, 2.75) is 23.5 Å². The second-order valence-corrected chi connectivity index (χ2v) is 10.4. The van der Waals surface area contributed by atoms with Gasteiger partial charge >= 0.3 is 0 Å². The fourth-order valence-electron chi connectivity index (χ4n) is 4.32. The second kappa shape index (κ2) is 9.54. The Bertz CT molecular complexity index is 1420. The Labute approximate surface area is 208 Å². The first-order valence-corrected chi connectivity index (χ1v) is 13.0. The van der Waals surface area contributed by atoms with Crippen LogP contribution in [0.25, 0.3) is 0 Å². The molecule has 0 saturated carbocycles. The normalized spacial score (nSPS) is 17.8. The molecule has 0 fully saturated rings. The van der Waals surface area contributed by atoms with Gasteiger partial charge < -0.3 is 24.4 Å². The molecule has 1 N–H and O–H groups in total. The van der Waals surface area contributed by atoms with Gasteiger partial charge in [-0.05, 0) is 61.0 Å². The highest BCUT2D eigenvalue weighted by molar-refractivity contribution is 7.92. The van der Waals surface area contributed by atoms with Gasteiger partial charge in [0.25, 0.3) is 0 Å². The maximum Gasteiger partial charge on any atom is 0.244 e. The molecule has 2 amide bonds. The zero-order valence-corrected chi connectivity index (χ0v) is 20.3. The number of benzene rings is 3. The number of para-hydroxylation sites is 1. The molecule has 36 heavy (non-hydrogen) atoms. The third-order valence-corrected chi connectivity index (χ3v) is 8.16. The van der Waals surface area contributed by atoms with Crippen molar-refractivity contribution in [2.24, 2.45) is 0 Å². The molecule has 3 aromatic rings. The van der Waals surface area contributed by atoms with E-state index < -0.39 is 26.9 Å². The van der Waals surface area contributed by atoms with Crippen molar-refractivity contribution < 1.29 is 32.2 Å². The lowest BCUT2D eigenvalue weighted by atomic mass is 10.1. The van der Waals surface area contributed by atoms with Gasteiger partial charge in [-0.1, -0.05) is 18.2 Å². The van der Waals surface area contributed by atoms with Crippen LogP contribution in [0.3, 0.4) is 0 Å². The molecule has 0 spiro atoms. The number of carbonyl (C=O) groups excluding carboxylic acids is 2. The summed E-state index contributed by atoms with van der Waals surface area (Å²) in [6, 6.07) is 17.9. The van der Waals surface area contributed by atoms with Gasteiger partial charge in [-0.3, -0.25) is 9.59 Å². The van der Waals surface area contributed by atoms with Crippen LogP contribution in [-0.2, 0) is 19.4 Å². The third-order valence-electron chi connectivity index (χ3n) is 6.02. The molecule has 0 saturated heterocycles. The number of carbonyl (C=O) groups is 2. The highest BCUT2D eigenvalue weighted by Gasteiger charge is 2.40. The van der Waals surface area contributed by atoms with E-state index in [9.17, 15) is 18.0 Å². The van der Waals surface area contributed by atoms with Crippen LogP contribution in [0.1, 0.15) is 24.2 Å². The minimum Gasteiger partial charge on any atom is -0.494 e. The standard InChI is InChI=1S/C26H24N2O7S/c1-2-33-19-10-8-18(9-11-19)27-25(29)15-28-20-5-3-4-6-23(20)36(31,32)24(14-26(28)30)17-7-12-21-22(13-17)35-16-34-21/h3-13,24H,2,14-16H2,1H3,(H,27,29). The number of hydrogen-bond acceptors (Lipinski definition) is 7. The summed E-state index contributed by atoms with van der Waals surface area (Å²) in [5.41, 5.74) is 1.13. The molecule has 9 nitrogen and oxygen atoms in total. The molecule has 2 aliphatic heterocycles. The molecular formula is C26H24N2O7S. The topological polar surface area (TPSA) is 111 Å². The Morgan fingerprint density at radius 1 is 1.06 bits per heavy atom. The Hall–Kier alpha value is -4.05. The fourth-order valence-corrected chi connectivity index (χ4v) is 6.23. The van der Waals surface area contributed by atoms with Gasteiger partial charge in [-0.15, -0.1) is 0 Å². The minimum atomic E-state index is -3.97. The van der Waals surface area contributed by atoms with Crippen molar-refractivity contribution in [2.75, 3.05) is 30.2 Å². The molecule has 1 unspecified atom stereocenters. The number of amides is 2. The summed E-state index contributed by atoms with van der Waals surface area (Å²) in [4.78, 5) is 27.5. The van der Waals surface area contributed by atoms with E-state index in [1.165, 1.54) is 17.0 Å². The zero-order chi connectivity index (χ0) is 25.3. The monoisotopic (exact) mass is 508 g/mol.